The summed E-state index contributed by atoms with van der Waals surface area (Å²) in [6.45, 7) is 4.77. The zero-order valence-corrected chi connectivity index (χ0v) is 14.5. The van der Waals surface area contributed by atoms with Crippen LogP contribution in [0, 0.1) is 0 Å². The molecule has 5 heteroatoms. The standard InChI is InChI=1S/C16H26ClNO2S/c1-3-11-18-15(9-7-12-21(19,20)4-2)13-14-8-5-6-10-16(14)17/h5-6,8,10,15,18H,3-4,7,9,11-13H2,1-2H3. The van der Waals surface area contributed by atoms with Crippen molar-refractivity contribution in [2.45, 2.75) is 45.6 Å². The molecule has 0 bridgehead atoms. The molecule has 0 radical (unpaired) electrons. The molecule has 0 aliphatic rings. The van der Waals surface area contributed by atoms with E-state index in [1.807, 2.05) is 24.3 Å². The fraction of sp³-hybridized carbons (Fsp3) is 0.625. The number of hydrogen-bond acceptors (Lipinski definition) is 3. The Balaban J connectivity index is 2.57. The predicted molar refractivity (Wildman–Crippen MR) is 90.8 cm³/mol. The summed E-state index contributed by atoms with van der Waals surface area (Å²) in [4.78, 5) is 0. The van der Waals surface area contributed by atoms with Crippen LogP contribution in [-0.2, 0) is 16.3 Å². The van der Waals surface area contributed by atoms with Crippen LogP contribution in [0.3, 0.4) is 0 Å². The van der Waals surface area contributed by atoms with Gasteiger partial charge in [-0.15, -0.1) is 0 Å². The number of benzene rings is 1. The molecule has 1 unspecified atom stereocenters. The molecule has 1 rings (SSSR count). The van der Waals surface area contributed by atoms with Gasteiger partial charge in [0.05, 0.1) is 5.75 Å². The van der Waals surface area contributed by atoms with Gasteiger partial charge in [0, 0.05) is 16.8 Å². The first kappa shape index (κ1) is 18.5. The Morgan fingerprint density at radius 1 is 1.24 bits per heavy atom. The molecule has 120 valence electrons. The summed E-state index contributed by atoms with van der Waals surface area (Å²) < 4.78 is 23.1. The zero-order valence-electron chi connectivity index (χ0n) is 12.9. The van der Waals surface area contributed by atoms with E-state index >= 15 is 0 Å². The van der Waals surface area contributed by atoms with Crippen molar-refractivity contribution in [3.05, 3.63) is 34.9 Å². The SMILES string of the molecule is CCCNC(CCCS(=O)(=O)CC)Cc1ccccc1Cl. The first-order valence-electron chi connectivity index (χ1n) is 7.65. The van der Waals surface area contributed by atoms with E-state index in [-0.39, 0.29) is 17.5 Å². The van der Waals surface area contributed by atoms with Gasteiger partial charge in [-0.1, -0.05) is 43.6 Å². The number of halogens is 1. The molecule has 0 amide bonds. The Labute approximate surface area is 134 Å². The highest BCUT2D eigenvalue weighted by atomic mass is 35.5. The molecular formula is C16H26ClNO2S. The molecule has 1 aromatic rings. The highest BCUT2D eigenvalue weighted by Crippen LogP contribution is 2.18. The van der Waals surface area contributed by atoms with E-state index in [1.54, 1.807) is 6.92 Å². The van der Waals surface area contributed by atoms with Crippen molar-refractivity contribution in [3.63, 3.8) is 0 Å². The average Bonchev–Trinajstić information content (AvgIpc) is 2.46. The molecule has 0 aliphatic carbocycles. The lowest BCUT2D eigenvalue weighted by molar-refractivity contribution is 0.472. The van der Waals surface area contributed by atoms with Crippen LogP contribution in [0.1, 0.15) is 38.7 Å². The molecule has 21 heavy (non-hydrogen) atoms. The molecular weight excluding hydrogens is 306 g/mol. The van der Waals surface area contributed by atoms with Crippen LogP contribution < -0.4 is 5.32 Å². The summed E-state index contributed by atoms with van der Waals surface area (Å²) in [7, 11) is -2.87. The highest BCUT2D eigenvalue weighted by molar-refractivity contribution is 7.91. The lowest BCUT2D eigenvalue weighted by Gasteiger charge is -2.19. The Bertz CT molecular complexity index is 517. The first-order chi connectivity index (χ1) is 9.98. The quantitative estimate of drug-likeness (QED) is 0.714. The summed E-state index contributed by atoms with van der Waals surface area (Å²) in [6, 6.07) is 8.12. The zero-order chi connectivity index (χ0) is 15.7. The van der Waals surface area contributed by atoms with Gasteiger partial charge in [-0.05, 0) is 43.9 Å². The minimum Gasteiger partial charge on any atom is -0.314 e. The topological polar surface area (TPSA) is 46.2 Å². The molecule has 0 heterocycles. The lowest BCUT2D eigenvalue weighted by Crippen LogP contribution is -2.32. The normalized spacial score (nSPS) is 13.3. The number of nitrogens with one attached hydrogen (secondary N) is 1. The largest absolute Gasteiger partial charge is 0.314 e. The summed E-state index contributed by atoms with van der Waals surface area (Å²) in [5.41, 5.74) is 1.12. The molecule has 0 fully saturated rings. The van der Waals surface area contributed by atoms with Crippen LogP contribution in [0.2, 0.25) is 5.02 Å². The fourth-order valence-electron chi connectivity index (χ4n) is 2.25. The molecule has 0 saturated heterocycles. The monoisotopic (exact) mass is 331 g/mol. The first-order valence-corrected chi connectivity index (χ1v) is 9.85. The van der Waals surface area contributed by atoms with Crippen molar-refractivity contribution < 1.29 is 8.42 Å². The average molecular weight is 332 g/mol. The van der Waals surface area contributed by atoms with Gasteiger partial charge in [0.2, 0.25) is 0 Å². The molecule has 1 N–H and O–H groups in total. The van der Waals surface area contributed by atoms with E-state index in [4.69, 9.17) is 11.6 Å². The number of rotatable bonds is 10. The summed E-state index contributed by atoms with van der Waals surface area (Å²) in [5, 5.41) is 4.28. The second-order valence-electron chi connectivity index (χ2n) is 5.33. The van der Waals surface area contributed by atoms with Crippen LogP contribution in [0.5, 0.6) is 0 Å². The van der Waals surface area contributed by atoms with Crippen molar-refractivity contribution in [2.75, 3.05) is 18.1 Å². The van der Waals surface area contributed by atoms with Crippen molar-refractivity contribution >= 4 is 21.4 Å². The van der Waals surface area contributed by atoms with Crippen molar-refractivity contribution in [2.24, 2.45) is 0 Å². The van der Waals surface area contributed by atoms with Gasteiger partial charge in [-0.3, -0.25) is 0 Å². The fourth-order valence-corrected chi connectivity index (χ4v) is 3.36. The minimum atomic E-state index is -2.87. The maximum absolute atomic E-state index is 11.6. The van der Waals surface area contributed by atoms with Crippen LogP contribution in [0.25, 0.3) is 0 Å². The van der Waals surface area contributed by atoms with Crippen molar-refractivity contribution in [1.82, 2.24) is 5.32 Å². The predicted octanol–water partition coefficient (Wildman–Crippen LogP) is 3.47. The smallest absolute Gasteiger partial charge is 0.150 e. The van der Waals surface area contributed by atoms with Gasteiger partial charge in [-0.25, -0.2) is 8.42 Å². The third-order valence-corrected chi connectivity index (χ3v) is 5.71. The maximum Gasteiger partial charge on any atom is 0.150 e. The Kier molecular flexibility index (Phi) is 8.30. The second-order valence-corrected chi connectivity index (χ2v) is 8.21. The molecule has 0 aliphatic heterocycles. The minimum absolute atomic E-state index is 0.227. The molecule has 1 aromatic carbocycles. The van der Waals surface area contributed by atoms with E-state index in [9.17, 15) is 8.42 Å². The molecule has 1 atom stereocenters. The van der Waals surface area contributed by atoms with Gasteiger partial charge >= 0.3 is 0 Å². The number of hydrogen-bond donors (Lipinski definition) is 1. The van der Waals surface area contributed by atoms with E-state index in [2.05, 4.69) is 12.2 Å². The Morgan fingerprint density at radius 3 is 2.57 bits per heavy atom. The summed E-state index contributed by atoms with van der Waals surface area (Å²) in [5.74, 6) is 0.501. The molecule has 0 saturated carbocycles. The van der Waals surface area contributed by atoms with E-state index in [1.165, 1.54) is 0 Å². The summed E-state index contributed by atoms with van der Waals surface area (Å²) in [6.07, 6.45) is 3.45. The molecule has 3 nitrogen and oxygen atoms in total. The van der Waals surface area contributed by atoms with E-state index < -0.39 is 9.84 Å². The van der Waals surface area contributed by atoms with Crippen molar-refractivity contribution in [3.8, 4) is 0 Å². The third kappa shape index (κ3) is 7.30. The highest BCUT2D eigenvalue weighted by Gasteiger charge is 2.13. The van der Waals surface area contributed by atoms with Crippen LogP contribution in [0.15, 0.2) is 24.3 Å². The van der Waals surface area contributed by atoms with Gasteiger partial charge < -0.3 is 5.32 Å². The summed E-state index contributed by atoms with van der Waals surface area (Å²) >= 11 is 6.21. The molecule has 0 spiro atoms. The van der Waals surface area contributed by atoms with E-state index in [0.717, 1.165) is 36.4 Å². The third-order valence-electron chi connectivity index (χ3n) is 3.55. The Morgan fingerprint density at radius 2 is 1.95 bits per heavy atom. The van der Waals surface area contributed by atoms with Crippen molar-refractivity contribution in [1.29, 1.82) is 0 Å². The van der Waals surface area contributed by atoms with Gasteiger partial charge in [0.1, 0.15) is 9.84 Å². The Hall–Kier alpha value is -0.580. The van der Waals surface area contributed by atoms with Crippen LogP contribution in [-0.4, -0.2) is 32.5 Å². The van der Waals surface area contributed by atoms with Gasteiger partial charge in [-0.2, -0.15) is 0 Å². The van der Waals surface area contributed by atoms with E-state index in [0.29, 0.717) is 6.42 Å². The van der Waals surface area contributed by atoms with Crippen LogP contribution in [0.4, 0.5) is 0 Å². The van der Waals surface area contributed by atoms with Crippen LogP contribution >= 0.6 is 11.6 Å². The second kappa shape index (κ2) is 9.44. The number of sulfone groups is 1. The lowest BCUT2D eigenvalue weighted by atomic mass is 10.0. The molecule has 0 aromatic heterocycles. The maximum atomic E-state index is 11.6. The van der Waals surface area contributed by atoms with Gasteiger partial charge in [0.15, 0.2) is 0 Å². The van der Waals surface area contributed by atoms with Gasteiger partial charge in [0.25, 0.3) is 0 Å².